The van der Waals surface area contributed by atoms with Gasteiger partial charge in [-0.05, 0) is 42.6 Å². The van der Waals surface area contributed by atoms with Gasteiger partial charge >= 0.3 is 0 Å². The number of aryl methyl sites for hydroxylation is 1. The first kappa shape index (κ1) is 14.2. The van der Waals surface area contributed by atoms with Gasteiger partial charge < -0.3 is 5.32 Å². The lowest BCUT2D eigenvalue weighted by molar-refractivity contribution is 0.413. The summed E-state index contributed by atoms with van der Waals surface area (Å²) < 4.78 is 28.3. The summed E-state index contributed by atoms with van der Waals surface area (Å²) >= 11 is 0. The van der Waals surface area contributed by atoms with Gasteiger partial charge in [0, 0.05) is 17.5 Å². The predicted octanol–water partition coefficient (Wildman–Crippen LogP) is 4.35. The molecule has 2 unspecified atom stereocenters. The third-order valence-corrected chi connectivity index (χ3v) is 4.32. The van der Waals surface area contributed by atoms with Crippen LogP contribution >= 0.6 is 0 Å². The highest BCUT2D eigenvalue weighted by Gasteiger charge is 2.33. The fourth-order valence-electron chi connectivity index (χ4n) is 3.41. The largest absolute Gasteiger partial charge is 0.310 e. The van der Waals surface area contributed by atoms with Crippen LogP contribution in [-0.2, 0) is 6.42 Å². The van der Waals surface area contributed by atoms with E-state index < -0.39 is 11.6 Å². The number of fused-ring (bicyclic) bond motifs is 1. The van der Waals surface area contributed by atoms with Crippen LogP contribution in [0, 0.1) is 11.6 Å². The van der Waals surface area contributed by atoms with Crippen LogP contribution in [0.3, 0.4) is 0 Å². The first-order valence-corrected chi connectivity index (χ1v) is 7.47. The third-order valence-electron chi connectivity index (χ3n) is 4.32. The maximum Gasteiger partial charge on any atom is 0.130 e. The molecule has 1 aliphatic rings. The molecule has 1 aliphatic carbocycles. The Balaban J connectivity index is 2.04. The van der Waals surface area contributed by atoms with Gasteiger partial charge in [0.2, 0.25) is 0 Å². The highest BCUT2D eigenvalue weighted by molar-refractivity contribution is 5.39. The summed E-state index contributed by atoms with van der Waals surface area (Å²) in [6.45, 7) is 2.64. The van der Waals surface area contributed by atoms with Gasteiger partial charge in [0.15, 0.2) is 0 Å². The first-order valence-electron chi connectivity index (χ1n) is 7.47. The van der Waals surface area contributed by atoms with Crippen molar-refractivity contribution in [3.63, 3.8) is 0 Å². The minimum Gasteiger partial charge on any atom is -0.310 e. The standard InChI is InChI=1S/C18H19F2N/c1-2-21-18(17-15(19)8-5-9-16(17)20)14-11-10-12-6-3-4-7-13(12)14/h3-9,14,18,21H,2,10-11H2,1H3. The van der Waals surface area contributed by atoms with E-state index in [9.17, 15) is 8.78 Å². The van der Waals surface area contributed by atoms with Crippen LogP contribution in [0.25, 0.3) is 0 Å². The van der Waals surface area contributed by atoms with E-state index in [4.69, 9.17) is 0 Å². The molecule has 0 fully saturated rings. The van der Waals surface area contributed by atoms with Crippen molar-refractivity contribution < 1.29 is 8.78 Å². The van der Waals surface area contributed by atoms with Gasteiger partial charge in [-0.2, -0.15) is 0 Å². The van der Waals surface area contributed by atoms with Crippen LogP contribution in [0.2, 0.25) is 0 Å². The molecule has 2 atom stereocenters. The first-order chi connectivity index (χ1) is 10.2. The normalized spacial score (nSPS) is 18.5. The molecule has 0 radical (unpaired) electrons. The zero-order valence-corrected chi connectivity index (χ0v) is 12.1. The Hall–Kier alpha value is -1.74. The maximum absolute atomic E-state index is 14.2. The van der Waals surface area contributed by atoms with Crippen molar-refractivity contribution in [3.8, 4) is 0 Å². The van der Waals surface area contributed by atoms with Crippen molar-refractivity contribution in [2.75, 3.05) is 6.54 Å². The van der Waals surface area contributed by atoms with Gasteiger partial charge in [-0.15, -0.1) is 0 Å². The average molecular weight is 287 g/mol. The maximum atomic E-state index is 14.2. The molecule has 0 aliphatic heterocycles. The fourth-order valence-corrected chi connectivity index (χ4v) is 3.41. The number of likely N-dealkylation sites (N-methyl/N-ethyl adjacent to an activating group) is 1. The summed E-state index contributed by atoms with van der Waals surface area (Å²) in [6, 6.07) is 12.0. The monoisotopic (exact) mass is 287 g/mol. The summed E-state index contributed by atoms with van der Waals surface area (Å²) in [6.07, 6.45) is 1.89. The van der Waals surface area contributed by atoms with Crippen LogP contribution < -0.4 is 5.32 Å². The SMILES string of the molecule is CCNC(c1c(F)cccc1F)C1CCc2ccccc21. The molecular weight excluding hydrogens is 268 g/mol. The summed E-state index contributed by atoms with van der Waals surface area (Å²) in [5, 5.41) is 3.28. The molecule has 21 heavy (non-hydrogen) atoms. The van der Waals surface area contributed by atoms with Crippen molar-refractivity contribution in [2.24, 2.45) is 0 Å². The number of hydrogen-bond acceptors (Lipinski definition) is 1. The molecule has 0 spiro atoms. The molecule has 3 rings (SSSR count). The summed E-state index contributed by atoms with van der Waals surface area (Å²) in [4.78, 5) is 0. The molecule has 110 valence electrons. The molecule has 0 amide bonds. The van der Waals surface area contributed by atoms with Crippen molar-refractivity contribution >= 4 is 0 Å². The number of benzene rings is 2. The van der Waals surface area contributed by atoms with Crippen LogP contribution in [0.4, 0.5) is 8.78 Å². The second kappa shape index (κ2) is 5.94. The van der Waals surface area contributed by atoms with Gasteiger partial charge in [0.25, 0.3) is 0 Å². The molecule has 0 saturated carbocycles. The predicted molar refractivity (Wildman–Crippen MR) is 80.3 cm³/mol. The second-order valence-corrected chi connectivity index (χ2v) is 5.51. The van der Waals surface area contributed by atoms with Crippen LogP contribution in [0.5, 0.6) is 0 Å². The molecule has 1 N–H and O–H groups in total. The van der Waals surface area contributed by atoms with E-state index in [1.807, 2.05) is 19.1 Å². The second-order valence-electron chi connectivity index (χ2n) is 5.51. The number of halogens is 2. The lowest BCUT2D eigenvalue weighted by Gasteiger charge is -2.26. The quantitative estimate of drug-likeness (QED) is 0.881. The molecule has 0 bridgehead atoms. The van der Waals surface area contributed by atoms with E-state index in [1.54, 1.807) is 0 Å². The Bertz CT molecular complexity index is 619. The van der Waals surface area contributed by atoms with E-state index in [0.717, 1.165) is 12.8 Å². The summed E-state index contributed by atoms with van der Waals surface area (Å²) in [7, 11) is 0. The van der Waals surface area contributed by atoms with Gasteiger partial charge in [0.1, 0.15) is 11.6 Å². The average Bonchev–Trinajstić information content (AvgIpc) is 2.90. The Kier molecular flexibility index (Phi) is 4.02. The minimum atomic E-state index is -0.467. The Morgan fingerprint density at radius 2 is 1.81 bits per heavy atom. The summed E-state index contributed by atoms with van der Waals surface area (Å²) in [5.41, 5.74) is 2.68. The van der Waals surface area contributed by atoms with Crippen molar-refractivity contribution in [2.45, 2.75) is 31.7 Å². The van der Waals surface area contributed by atoms with E-state index in [0.29, 0.717) is 6.54 Å². The van der Waals surface area contributed by atoms with E-state index in [2.05, 4.69) is 17.4 Å². The zero-order chi connectivity index (χ0) is 14.8. The van der Waals surface area contributed by atoms with Crippen LogP contribution in [0.1, 0.15) is 42.0 Å². The molecule has 2 aromatic carbocycles. The van der Waals surface area contributed by atoms with Crippen molar-refractivity contribution in [1.82, 2.24) is 5.32 Å². The molecular formula is C18H19F2N. The van der Waals surface area contributed by atoms with Crippen molar-refractivity contribution in [3.05, 3.63) is 70.8 Å². The van der Waals surface area contributed by atoms with Gasteiger partial charge in [-0.1, -0.05) is 37.3 Å². The fraction of sp³-hybridized carbons (Fsp3) is 0.333. The Morgan fingerprint density at radius 3 is 2.52 bits per heavy atom. The lowest BCUT2D eigenvalue weighted by Crippen LogP contribution is -2.28. The van der Waals surface area contributed by atoms with Crippen LogP contribution in [0.15, 0.2) is 42.5 Å². The smallest absolute Gasteiger partial charge is 0.130 e. The molecule has 0 heterocycles. The molecule has 2 aromatic rings. The molecule has 0 aromatic heterocycles. The molecule has 1 nitrogen and oxygen atoms in total. The minimum absolute atomic E-state index is 0.118. The van der Waals surface area contributed by atoms with Gasteiger partial charge in [0.05, 0.1) is 0 Å². The van der Waals surface area contributed by atoms with Gasteiger partial charge in [-0.25, -0.2) is 8.78 Å². The topological polar surface area (TPSA) is 12.0 Å². The van der Waals surface area contributed by atoms with Crippen LogP contribution in [-0.4, -0.2) is 6.54 Å². The summed E-state index contributed by atoms with van der Waals surface area (Å²) in [5.74, 6) is -0.816. The zero-order valence-electron chi connectivity index (χ0n) is 12.1. The highest BCUT2D eigenvalue weighted by atomic mass is 19.1. The third kappa shape index (κ3) is 2.58. The van der Waals surface area contributed by atoms with Gasteiger partial charge in [-0.3, -0.25) is 0 Å². The number of rotatable bonds is 4. The number of nitrogens with one attached hydrogen (secondary N) is 1. The number of hydrogen-bond donors (Lipinski definition) is 1. The Labute approximate surface area is 124 Å². The van der Waals surface area contributed by atoms with E-state index in [-0.39, 0.29) is 17.5 Å². The molecule has 3 heteroatoms. The van der Waals surface area contributed by atoms with E-state index >= 15 is 0 Å². The van der Waals surface area contributed by atoms with E-state index in [1.165, 1.54) is 29.3 Å². The Morgan fingerprint density at radius 1 is 1.10 bits per heavy atom. The lowest BCUT2D eigenvalue weighted by atomic mass is 9.87. The van der Waals surface area contributed by atoms with Crippen molar-refractivity contribution in [1.29, 1.82) is 0 Å². The highest BCUT2D eigenvalue weighted by Crippen LogP contribution is 2.42. The molecule has 0 saturated heterocycles.